The summed E-state index contributed by atoms with van der Waals surface area (Å²) in [5.74, 6) is 0. The van der Waals surface area contributed by atoms with E-state index in [-0.39, 0.29) is 15.4 Å². The van der Waals surface area contributed by atoms with Crippen LogP contribution in [0, 0.1) is 11.3 Å². The topological polar surface area (TPSA) is 77.7 Å². The minimum absolute atomic E-state index is 0.0332. The Balaban J connectivity index is 1.13. The molecule has 0 fully saturated rings. The summed E-state index contributed by atoms with van der Waals surface area (Å²) >= 11 is 0. The van der Waals surface area contributed by atoms with Crippen molar-refractivity contribution in [3.05, 3.63) is 218 Å². The average Bonchev–Trinajstić information content (AvgIpc) is 4.14. The van der Waals surface area contributed by atoms with E-state index in [0.29, 0.717) is 11.4 Å². The Kier molecular flexibility index (Phi) is 8.43. The molecule has 4 heterocycles. The van der Waals surface area contributed by atoms with Gasteiger partial charge in [0.05, 0.1) is 59.5 Å². The highest BCUT2D eigenvalue weighted by molar-refractivity contribution is 7.91. The summed E-state index contributed by atoms with van der Waals surface area (Å²) in [4.78, 5) is 0.0518. The summed E-state index contributed by atoms with van der Waals surface area (Å²) in [6.45, 7) is 0. The van der Waals surface area contributed by atoms with E-state index >= 15 is 8.42 Å². The van der Waals surface area contributed by atoms with Crippen molar-refractivity contribution in [3.63, 3.8) is 0 Å². The highest BCUT2D eigenvalue weighted by atomic mass is 32.2. The van der Waals surface area contributed by atoms with Crippen LogP contribution in [0.4, 0.5) is 0 Å². The van der Waals surface area contributed by atoms with Gasteiger partial charge in [0.25, 0.3) is 0 Å². The van der Waals surface area contributed by atoms with Gasteiger partial charge in [0.2, 0.25) is 9.84 Å². The lowest BCUT2D eigenvalue weighted by atomic mass is 10.1. The van der Waals surface area contributed by atoms with Crippen molar-refractivity contribution in [1.29, 1.82) is 5.26 Å². The zero-order valence-electron chi connectivity index (χ0n) is 37.1. The number of para-hydroxylation sites is 5. The number of sulfone groups is 1. The fourth-order valence-electron chi connectivity index (χ4n) is 11.4. The number of nitriles is 1. The molecule has 4 aromatic heterocycles. The summed E-state index contributed by atoms with van der Waals surface area (Å²) in [6, 6.07) is 67.5. The van der Waals surface area contributed by atoms with Crippen molar-refractivity contribution < 1.29 is 8.42 Å². The highest BCUT2D eigenvalue weighted by Gasteiger charge is 2.28. The van der Waals surface area contributed by atoms with Gasteiger partial charge in [0, 0.05) is 65.8 Å². The molecule has 7 nitrogen and oxygen atoms in total. The molecule has 0 spiro atoms. The third kappa shape index (κ3) is 5.56. The van der Waals surface area contributed by atoms with Crippen molar-refractivity contribution in [1.82, 2.24) is 18.3 Å². The van der Waals surface area contributed by atoms with Gasteiger partial charge in [-0.05, 0) is 97.8 Å². The van der Waals surface area contributed by atoms with Crippen LogP contribution in [0.5, 0.6) is 0 Å². The van der Waals surface area contributed by atoms with Crippen LogP contribution >= 0.6 is 0 Å². The first-order chi connectivity index (χ1) is 34.0. The van der Waals surface area contributed by atoms with Crippen LogP contribution < -0.4 is 0 Å². The number of benzene rings is 9. The van der Waals surface area contributed by atoms with E-state index in [2.05, 4.69) is 182 Å². The molecule has 0 bridgehead atoms. The number of hydrogen-bond donors (Lipinski definition) is 0. The van der Waals surface area contributed by atoms with Crippen LogP contribution in [0.25, 0.3) is 110 Å². The van der Waals surface area contributed by atoms with E-state index in [4.69, 9.17) is 0 Å². The largest absolute Gasteiger partial charge is 0.309 e. The lowest BCUT2D eigenvalue weighted by Gasteiger charge is -2.16. The second kappa shape index (κ2) is 14.8. The predicted octanol–water partition coefficient (Wildman–Crippen LogP) is 15.0. The summed E-state index contributed by atoms with van der Waals surface area (Å²) < 4.78 is 39.8. The molecule has 8 heteroatoms. The lowest BCUT2D eigenvalue weighted by Crippen LogP contribution is -2.08. The number of aromatic nitrogens is 4. The Labute approximate surface area is 396 Å². The third-order valence-electron chi connectivity index (χ3n) is 14.2. The van der Waals surface area contributed by atoms with Gasteiger partial charge in [-0.25, -0.2) is 8.42 Å². The summed E-state index contributed by atoms with van der Waals surface area (Å²) in [5, 5.41) is 19.1. The van der Waals surface area contributed by atoms with Crippen molar-refractivity contribution in [2.24, 2.45) is 0 Å². The van der Waals surface area contributed by atoms with Crippen LogP contribution in [0.2, 0.25) is 0 Å². The van der Waals surface area contributed by atoms with Crippen LogP contribution in [-0.4, -0.2) is 26.7 Å². The van der Waals surface area contributed by atoms with Crippen molar-refractivity contribution in [3.8, 4) is 23.1 Å². The van der Waals surface area contributed by atoms with E-state index < -0.39 is 9.84 Å². The molecular formula is C61H39N5O2S. The molecule has 0 atom stereocenters. The molecule has 13 aromatic rings. The summed E-state index contributed by atoms with van der Waals surface area (Å²) in [7, 11) is -4.26. The molecule has 0 saturated carbocycles. The molecule has 1 aliphatic carbocycles. The molecule has 0 aliphatic heterocycles. The third-order valence-corrected chi connectivity index (χ3v) is 16.0. The van der Waals surface area contributed by atoms with Gasteiger partial charge in [-0.15, -0.1) is 0 Å². The fourth-order valence-corrected chi connectivity index (χ4v) is 12.8. The Morgan fingerprint density at radius 2 is 0.913 bits per heavy atom. The normalized spacial score (nSPS) is 13.2. The van der Waals surface area contributed by atoms with Crippen molar-refractivity contribution in [2.45, 2.75) is 22.6 Å². The molecule has 0 unspecified atom stereocenters. The zero-order chi connectivity index (χ0) is 46.0. The van der Waals surface area contributed by atoms with E-state index in [1.807, 2.05) is 18.2 Å². The van der Waals surface area contributed by atoms with Crippen LogP contribution in [0.15, 0.2) is 222 Å². The summed E-state index contributed by atoms with van der Waals surface area (Å²) in [6.07, 6.45) is 8.76. The van der Waals surface area contributed by atoms with Crippen LogP contribution in [0.1, 0.15) is 18.4 Å². The SMILES string of the molecule is N#Cc1ccccc1S(=O)(=O)c1cc(-n2c3ccccc3c3c4c(ccc32)c2ccccc2n4C2=CCCC=C2)cc(-n2c3ccccc3c3c2ccc2c4ccccc4n(-c4ccccc4)c23)c1. The standard InChI is InChI=1S/C61H39N5O2S/c62-38-39-17-7-16-30-57(39)69(67,68)44-36-42(63-53-28-14-10-24-49(53)58-55(63)33-31-47-45-22-8-12-26-51(45)65(60(47)58)40-18-3-1-4-19-40)35-43(37-44)64-54-29-15-11-25-50(54)59-56(64)34-32-48-46-23-9-13-27-52(46)66(61(48)59)41-20-5-2-6-21-41/h1,3-5,7-37H,2,6H2. The lowest BCUT2D eigenvalue weighted by molar-refractivity contribution is 0.595. The van der Waals surface area contributed by atoms with Gasteiger partial charge < -0.3 is 18.3 Å². The second-order valence-corrected chi connectivity index (χ2v) is 19.8. The monoisotopic (exact) mass is 905 g/mol. The van der Waals surface area contributed by atoms with Gasteiger partial charge in [-0.2, -0.15) is 5.26 Å². The maximum absolute atomic E-state index is 15.3. The molecule has 0 saturated heterocycles. The number of nitrogens with zero attached hydrogens (tertiary/aromatic N) is 5. The Hall–Kier alpha value is -8.90. The Bertz CT molecular complexity index is 4570. The van der Waals surface area contributed by atoms with Crippen molar-refractivity contribution in [2.75, 3.05) is 0 Å². The van der Waals surface area contributed by atoms with E-state index in [1.54, 1.807) is 30.3 Å². The molecule has 0 N–H and O–H groups in total. The zero-order valence-corrected chi connectivity index (χ0v) is 37.9. The Morgan fingerprint density at radius 1 is 0.420 bits per heavy atom. The quantitative estimate of drug-likeness (QED) is 0.167. The van der Waals surface area contributed by atoms with Gasteiger partial charge >= 0.3 is 0 Å². The molecule has 9 aromatic carbocycles. The molecule has 0 radical (unpaired) electrons. The maximum atomic E-state index is 15.3. The smallest absolute Gasteiger partial charge is 0.208 e. The fraction of sp³-hybridized carbons (Fsp3) is 0.0328. The van der Waals surface area contributed by atoms with Gasteiger partial charge in [-0.3, -0.25) is 0 Å². The molecule has 14 rings (SSSR count). The number of fused-ring (bicyclic) bond motifs is 14. The van der Waals surface area contributed by atoms with E-state index in [0.717, 1.165) is 106 Å². The number of hydrogen-bond acceptors (Lipinski definition) is 3. The average molecular weight is 906 g/mol. The number of allylic oxidation sites excluding steroid dienone is 4. The Morgan fingerprint density at radius 3 is 1.48 bits per heavy atom. The predicted molar refractivity (Wildman–Crippen MR) is 282 cm³/mol. The molecular weight excluding hydrogens is 867 g/mol. The molecule has 69 heavy (non-hydrogen) atoms. The first-order valence-electron chi connectivity index (χ1n) is 23.2. The van der Waals surface area contributed by atoms with Crippen LogP contribution in [-0.2, 0) is 9.84 Å². The van der Waals surface area contributed by atoms with Gasteiger partial charge in [0.1, 0.15) is 6.07 Å². The van der Waals surface area contributed by atoms with E-state index in [9.17, 15) is 5.26 Å². The molecule has 0 amide bonds. The first-order valence-corrected chi connectivity index (χ1v) is 24.7. The number of rotatable bonds is 6. The molecule has 1 aliphatic rings. The first kappa shape index (κ1) is 39.3. The summed E-state index contributed by atoms with van der Waals surface area (Å²) in [5.41, 5.74) is 11.8. The van der Waals surface area contributed by atoms with E-state index in [1.165, 1.54) is 11.5 Å². The maximum Gasteiger partial charge on any atom is 0.208 e. The van der Waals surface area contributed by atoms with Gasteiger partial charge in [-0.1, -0.05) is 127 Å². The second-order valence-electron chi connectivity index (χ2n) is 17.9. The molecule has 326 valence electrons. The van der Waals surface area contributed by atoms with Crippen molar-refractivity contribution >= 4 is 103 Å². The minimum atomic E-state index is -4.26. The van der Waals surface area contributed by atoms with Crippen LogP contribution in [0.3, 0.4) is 0 Å². The minimum Gasteiger partial charge on any atom is -0.309 e. The van der Waals surface area contributed by atoms with Gasteiger partial charge in [0.15, 0.2) is 0 Å². The highest BCUT2D eigenvalue weighted by Crippen LogP contribution is 2.45.